The third-order valence-electron chi connectivity index (χ3n) is 3.59. The van der Waals surface area contributed by atoms with E-state index in [0.717, 1.165) is 25.3 Å². The van der Waals surface area contributed by atoms with Crippen LogP contribution in [0, 0.1) is 11.6 Å². The van der Waals surface area contributed by atoms with E-state index < -0.39 is 17.7 Å². The van der Waals surface area contributed by atoms with Crippen LogP contribution in [0.25, 0.3) is 0 Å². The van der Waals surface area contributed by atoms with Crippen LogP contribution in [-0.2, 0) is 4.79 Å². The lowest BCUT2D eigenvalue weighted by Gasteiger charge is -2.35. The number of halogens is 2. The van der Waals surface area contributed by atoms with Gasteiger partial charge in [0.05, 0.1) is 5.69 Å². The van der Waals surface area contributed by atoms with E-state index in [9.17, 15) is 13.6 Å². The molecule has 0 bridgehead atoms. The van der Waals surface area contributed by atoms with Gasteiger partial charge in [0.1, 0.15) is 17.7 Å². The predicted molar refractivity (Wildman–Crippen MR) is 58.4 cm³/mol. The number of hydrogen-bond acceptors (Lipinski definition) is 2. The Labute approximate surface area is 97.2 Å². The molecule has 0 radical (unpaired) electrons. The Morgan fingerprint density at radius 2 is 2.00 bits per heavy atom. The van der Waals surface area contributed by atoms with Crippen LogP contribution >= 0.6 is 0 Å². The highest BCUT2D eigenvalue weighted by Gasteiger charge is 2.42. The molecule has 1 aromatic rings. The molecule has 1 aliphatic heterocycles. The van der Waals surface area contributed by atoms with Gasteiger partial charge in [-0.2, -0.15) is 0 Å². The van der Waals surface area contributed by atoms with Crippen molar-refractivity contribution in [3.63, 3.8) is 0 Å². The summed E-state index contributed by atoms with van der Waals surface area (Å²) in [6, 6.07) is 1.03. The van der Waals surface area contributed by atoms with Crippen LogP contribution in [0.5, 0.6) is 0 Å². The second kappa shape index (κ2) is 3.50. The Hall–Kier alpha value is -1.49. The van der Waals surface area contributed by atoms with E-state index in [1.165, 1.54) is 11.0 Å². The van der Waals surface area contributed by atoms with E-state index in [1.54, 1.807) is 0 Å². The summed E-state index contributed by atoms with van der Waals surface area (Å²) in [6.45, 7) is 0. The smallest absolute Gasteiger partial charge is 0.248 e. The topological polar surface area (TPSA) is 46.3 Å². The fourth-order valence-electron chi connectivity index (χ4n) is 2.49. The summed E-state index contributed by atoms with van der Waals surface area (Å²) in [5.74, 6) is -1.73. The zero-order valence-electron chi connectivity index (χ0n) is 9.12. The molecule has 1 atom stereocenters. The molecule has 1 saturated carbocycles. The quantitative estimate of drug-likeness (QED) is 0.811. The standard InChI is InChI=1S/C12H12F2N2O/c13-6-4-8(14)10-9(5-6)16(7-2-1-3-7)12(17)11(10)15/h4-5,7,11H,1-3,15H2. The van der Waals surface area contributed by atoms with E-state index in [0.29, 0.717) is 5.69 Å². The van der Waals surface area contributed by atoms with Crippen molar-refractivity contribution >= 4 is 11.6 Å². The minimum atomic E-state index is -0.994. The molecule has 90 valence electrons. The molecular formula is C12H12F2N2O. The first-order chi connectivity index (χ1) is 8.09. The van der Waals surface area contributed by atoms with Gasteiger partial charge in [0.2, 0.25) is 5.91 Å². The lowest BCUT2D eigenvalue weighted by atomic mass is 9.91. The Bertz CT molecular complexity index is 500. The molecule has 1 amide bonds. The maximum Gasteiger partial charge on any atom is 0.248 e. The van der Waals surface area contributed by atoms with Gasteiger partial charge < -0.3 is 10.6 Å². The molecule has 1 heterocycles. The summed E-state index contributed by atoms with van der Waals surface area (Å²) in [5.41, 5.74) is 6.13. The van der Waals surface area contributed by atoms with Crippen molar-refractivity contribution in [1.29, 1.82) is 0 Å². The number of rotatable bonds is 1. The molecule has 2 N–H and O–H groups in total. The van der Waals surface area contributed by atoms with Crippen molar-refractivity contribution in [2.45, 2.75) is 31.3 Å². The molecular weight excluding hydrogens is 226 g/mol. The van der Waals surface area contributed by atoms with Gasteiger partial charge in [-0.15, -0.1) is 0 Å². The summed E-state index contributed by atoms with van der Waals surface area (Å²) < 4.78 is 26.9. The van der Waals surface area contributed by atoms with Crippen molar-refractivity contribution < 1.29 is 13.6 Å². The zero-order valence-corrected chi connectivity index (χ0v) is 9.12. The summed E-state index contributed by atoms with van der Waals surface area (Å²) in [4.78, 5) is 13.4. The van der Waals surface area contributed by atoms with Gasteiger partial charge >= 0.3 is 0 Å². The summed E-state index contributed by atoms with van der Waals surface area (Å²) in [6.07, 6.45) is 2.78. The second-order valence-corrected chi connectivity index (χ2v) is 4.59. The predicted octanol–water partition coefficient (Wildman–Crippen LogP) is 1.86. The average Bonchev–Trinajstić information content (AvgIpc) is 2.41. The molecule has 17 heavy (non-hydrogen) atoms. The van der Waals surface area contributed by atoms with E-state index >= 15 is 0 Å². The molecule has 0 saturated heterocycles. The first-order valence-electron chi connectivity index (χ1n) is 5.67. The number of fused-ring (bicyclic) bond motifs is 1. The second-order valence-electron chi connectivity index (χ2n) is 4.59. The number of benzene rings is 1. The highest BCUT2D eigenvalue weighted by Crippen LogP contribution is 2.41. The van der Waals surface area contributed by atoms with Crippen LogP contribution in [0.2, 0.25) is 0 Å². The first kappa shape index (κ1) is 10.7. The van der Waals surface area contributed by atoms with Crippen LogP contribution in [-0.4, -0.2) is 11.9 Å². The first-order valence-corrected chi connectivity index (χ1v) is 5.67. The molecule has 3 nitrogen and oxygen atoms in total. The largest absolute Gasteiger partial charge is 0.316 e. The molecule has 3 rings (SSSR count). The van der Waals surface area contributed by atoms with Gasteiger partial charge in [-0.1, -0.05) is 0 Å². The third kappa shape index (κ3) is 1.38. The number of carbonyl (C=O) groups excluding carboxylic acids is 1. The van der Waals surface area contributed by atoms with Crippen LogP contribution in [0.4, 0.5) is 14.5 Å². The van der Waals surface area contributed by atoms with Gasteiger partial charge in [0, 0.05) is 17.7 Å². The van der Waals surface area contributed by atoms with Crippen molar-refractivity contribution in [2.75, 3.05) is 4.90 Å². The maximum atomic E-state index is 13.6. The van der Waals surface area contributed by atoms with Crippen LogP contribution in [0.3, 0.4) is 0 Å². The van der Waals surface area contributed by atoms with Gasteiger partial charge in [-0.3, -0.25) is 4.79 Å². The number of carbonyl (C=O) groups is 1. The van der Waals surface area contributed by atoms with Crippen LogP contribution in [0.1, 0.15) is 30.9 Å². The van der Waals surface area contributed by atoms with E-state index in [4.69, 9.17) is 5.73 Å². The van der Waals surface area contributed by atoms with Crippen molar-refractivity contribution in [2.24, 2.45) is 5.73 Å². The van der Waals surface area contributed by atoms with Gasteiger partial charge in [-0.05, 0) is 25.3 Å². The fourth-order valence-corrected chi connectivity index (χ4v) is 2.49. The van der Waals surface area contributed by atoms with Crippen molar-refractivity contribution in [1.82, 2.24) is 0 Å². The van der Waals surface area contributed by atoms with Crippen molar-refractivity contribution in [3.05, 3.63) is 29.3 Å². The molecule has 2 aliphatic rings. The normalized spacial score (nSPS) is 23.8. The highest BCUT2D eigenvalue weighted by molar-refractivity contribution is 6.05. The van der Waals surface area contributed by atoms with E-state index in [-0.39, 0.29) is 17.5 Å². The van der Waals surface area contributed by atoms with Gasteiger partial charge in [0.25, 0.3) is 0 Å². The SMILES string of the molecule is NC1C(=O)N(C2CCC2)c2cc(F)cc(F)c21. The Balaban J connectivity index is 2.13. The monoisotopic (exact) mass is 238 g/mol. The molecule has 1 aliphatic carbocycles. The summed E-state index contributed by atoms with van der Waals surface area (Å²) in [7, 11) is 0. The Morgan fingerprint density at radius 1 is 1.29 bits per heavy atom. The van der Waals surface area contributed by atoms with E-state index in [1.807, 2.05) is 0 Å². The third-order valence-corrected chi connectivity index (χ3v) is 3.59. The number of nitrogens with zero attached hydrogens (tertiary/aromatic N) is 1. The van der Waals surface area contributed by atoms with Crippen LogP contribution < -0.4 is 10.6 Å². The van der Waals surface area contributed by atoms with E-state index in [2.05, 4.69) is 0 Å². The minimum absolute atomic E-state index is 0.0519. The van der Waals surface area contributed by atoms with Gasteiger partial charge in [-0.25, -0.2) is 8.78 Å². The molecule has 5 heteroatoms. The number of nitrogens with two attached hydrogens (primary N) is 1. The summed E-state index contributed by atoms with van der Waals surface area (Å²) >= 11 is 0. The van der Waals surface area contributed by atoms with Crippen molar-refractivity contribution in [3.8, 4) is 0 Å². The van der Waals surface area contributed by atoms with Crippen LogP contribution in [0.15, 0.2) is 12.1 Å². The minimum Gasteiger partial charge on any atom is -0.316 e. The molecule has 0 spiro atoms. The molecule has 1 fully saturated rings. The zero-order chi connectivity index (χ0) is 12.2. The molecule has 1 aromatic carbocycles. The Morgan fingerprint density at radius 3 is 2.59 bits per heavy atom. The fraction of sp³-hybridized carbons (Fsp3) is 0.417. The lowest BCUT2D eigenvalue weighted by molar-refractivity contribution is -0.120. The molecule has 0 aromatic heterocycles. The highest BCUT2D eigenvalue weighted by atomic mass is 19.1. The number of hydrogen-bond donors (Lipinski definition) is 1. The number of amides is 1. The lowest BCUT2D eigenvalue weighted by Crippen LogP contribution is -2.44. The molecule has 1 unspecified atom stereocenters. The number of anilines is 1. The average molecular weight is 238 g/mol. The van der Waals surface area contributed by atoms with Gasteiger partial charge in [0.15, 0.2) is 0 Å². The Kier molecular flexibility index (Phi) is 2.19. The summed E-state index contributed by atoms with van der Waals surface area (Å²) in [5, 5.41) is 0. The maximum absolute atomic E-state index is 13.6.